The van der Waals surface area contributed by atoms with Gasteiger partial charge in [-0.3, -0.25) is 4.90 Å². The molecule has 1 aromatic rings. The number of hydrogen-bond acceptors (Lipinski definition) is 3. The second-order valence-corrected chi connectivity index (χ2v) is 4.99. The Hall–Kier alpha value is -0.830. The summed E-state index contributed by atoms with van der Waals surface area (Å²) in [6, 6.07) is 0.477. The summed E-state index contributed by atoms with van der Waals surface area (Å²) in [5.41, 5.74) is 2.03. The first kappa shape index (κ1) is 12.2. The van der Waals surface area contributed by atoms with Crippen LogP contribution < -0.4 is 0 Å². The molecular weight excluding hydrogens is 188 g/mol. The smallest absolute Gasteiger partial charge is 0.159 e. The Morgan fingerprint density at radius 1 is 1.27 bits per heavy atom. The van der Waals surface area contributed by atoms with Gasteiger partial charge >= 0.3 is 0 Å². The van der Waals surface area contributed by atoms with Gasteiger partial charge in [0.2, 0.25) is 0 Å². The van der Waals surface area contributed by atoms with Crippen molar-refractivity contribution < 1.29 is 4.52 Å². The van der Waals surface area contributed by atoms with Crippen LogP contribution >= 0.6 is 0 Å². The van der Waals surface area contributed by atoms with E-state index < -0.39 is 0 Å². The highest BCUT2D eigenvalue weighted by Crippen LogP contribution is 2.31. The van der Waals surface area contributed by atoms with Gasteiger partial charge in [0.15, 0.2) is 5.76 Å². The molecule has 0 aliphatic heterocycles. The van der Waals surface area contributed by atoms with Crippen molar-refractivity contribution in [2.45, 2.75) is 53.1 Å². The molecule has 0 fully saturated rings. The molecule has 1 aromatic heterocycles. The number of nitrogens with zero attached hydrogens (tertiary/aromatic N) is 2. The minimum Gasteiger partial charge on any atom is -0.359 e. The van der Waals surface area contributed by atoms with Gasteiger partial charge in [-0.2, -0.15) is 0 Å². The van der Waals surface area contributed by atoms with Crippen molar-refractivity contribution in [2.75, 3.05) is 7.05 Å². The zero-order valence-electron chi connectivity index (χ0n) is 10.9. The number of rotatable bonds is 3. The molecule has 0 atom stereocenters. The molecule has 0 aromatic carbocycles. The lowest BCUT2D eigenvalue weighted by Gasteiger charge is -2.36. The van der Waals surface area contributed by atoms with Gasteiger partial charge < -0.3 is 4.52 Å². The van der Waals surface area contributed by atoms with E-state index in [4.69, 9.17) is 4.52 Å². The summed E-state index contributed by atoms with van der Waals surface area (Å²) in [6.45, 7) is 12.7. The average molecular weight is 210 g/mol. The van der Waals surface area contributed by atoms with Gasteiger partial charge in [0.05, 0.1) is 11.2 Å². The quantitative estimate of drug-likeness (QED) is 0.768. The van der Waals surface area contributed by atoms with Crippen molar-refractivity contribution in [2.24, 2.45) is 0 Å². The maximum absolute atomic E-state index is 5.44. The van der Waals surface area contributed by atoms with Crippen LogP contribution in [0.2, 0.25) is 0 Å². The zero-order chi connectivity index (χ0) is 11.8. The molecule has 0 radical (unpaired) electrons. The van der Waals surface area contributed by atoms with E-state index in [0.29, 0.717) is 6.04 Å². The van der Waals surface area contributed by atoms with Gasteiger partial charge in [-0.1, -0.05) is 5.16 Å². The van der Waals surface area contributed by atoms with Gasteiger partial charge in [-0.05, 0) is 48.6 Å². The molecule has 0 saturated carbocycles. The molecule has 0 spiro atoms. The van der Waals surface area contributed by atoms with Gasteiger partial charge in [-0.15, -0.1) is 0 Å². The molecule has 0 unspecified atom stereocenters. The van der Waals surface area contributed by atoms with Crippen molar-refractivity contribution in [3.05, 3.63) is 17.0 Å². The average Bonchev–Trinajstić information content (AvgIpc) is 2.46. The Morgan fingerprint density at radius 3 is 2.13 bits per heavy atom. The maximum atomic E-state index is 5.44. The SMILES string of the molecule is Cc1noc(C(C)(C)N(C)C(C)C)c1C. The fourth-order valence-corrected chi connectivity index (χ4v) is 1.79. The van der Waals surface area contributed by atoms with Crippen LogP contribution in [0, 0.1) is 13.8 Å². The Labute approximate surface area is 92.4 Å². The number of aromatic nitrogens is 1. The van der Waals surface area contributed by atoms with Crippen LogP contribution in [0.15, 0.2) is 4.52 Å². The van der Waals surface area contributed by atoms with Crippen molar-refractivity contribution in [1.29, 1.82) is 0 Å². The minimum absolute atomic E-state index is 0.112. The molecule has 0 N–H and O–H groups in total. The van der Waals surface area contributed by atoms with Crippen molar-refractivity contribution in [3.63, 3.8) is 0 Å². The topological polar surface area (TPSA) is 29.3 Å². The first-order valence-corrected chi connectivity index (χ1v) is 5.44. The first-order chi connectivity index (χ1) is 6.78. The second-order valence-electron chi connectivity index (χ2n) is 4.99. The Morgan fingerprint density at radius 2 is 1.80 bits per heavy atom. The van der Waals surface area contributed by atoms with E-state index in [1.54, 1.807) is 0 Å². The second kappa shape index (κ2) is 3.97. The highest BCUT2D eigenvalue weighted by molar-refractivity contribution is 5.25. The highest BCUT2D eigenvalue weighted by Gasteiger charge is 2.33. The van der Waals surface area contributed by atoms with Crippen LogP contribution in [0.4, 0.5) is 0 Å². The Bertz CT molecular complexity index is 339. The molecule has 0 saturated heterocycles. The molecule has 1 heterocycles. The van der Waals surface area contributed by atoms with Gasteiger partial charge in [0, 0.05) is 11.6 Å². The summed E-state index contributed by atoms with van der Waals surface area (Å²) in [6.07, 6.45) is 0. The number of hydrogen-bond donors (Lipinski definition) is 0. The summed E-state index contributed by atoms with van der Waals surface area (Å²) < 4.78 is 5.44. The largest absolute Gasteiger partial charge is 0.359 e. The zero-order valence-corrected chi connectivity index (χ0v) is 10.9. The molecule has 86 valence electrons. The van der Waals surface area contributed by atoms with E-state index in [9.17, 15) is 0 Å². The van der Waals surface area contributed by atoms with Gasteiger partial charge in [-0.25, -0.2) is 0 Å². The molecule has 0 aliphatic carbocycles. The summed E-state index contributed by atoms with van der Waals surface area (Å²) in [5, 5.41) is 4.02. The third kappa shape index (κ3) is 2.07. The predicted molar refractivity (Wildman–Crippen MR) is 61.9 cm³/mol. The van der Waals surface area contributed by atoms with Gasteiger partial charge in [0.1, 0.15) is 0 Å². The predicted octanol–water partition coefficient (Wildman–Crippen LogP) is 2.87. The Balaban J connectivity index is 3.10. The minimum atomic E-state index is -0.112. The van der Waals surface area contributed by atoms with Crippen LogP contribution in [0.3, 0.4) is 0 Å². The molecular formula is C12H22N2O. The first-order valence-electron chi connectivity index (χ1n) is 5.44. The summed E-state index contributed by atoms with van der Waals surface area (Å²) >= 11 is 0. The lowest BCUT2D eigenvalue weighted by Crippen LogP contribution is -2.43. The van der Waals surface area contributed by atoms with Crippen molar-refractivity contribution in [3.8, 4) is 0 Å². The third-order valence-electron chi connectivity index (χ3n) is 3.37. The normalized spacial score (nSPS) is 12.9. The van der Waals surface area contributed by atoms with E-state index in [0.717, 1.165) is 17.0 Å². The maximum Gasteiger partial charge on any atom is 0.159 e. The molecule has 0 amide bonds. The van der Waals surface area contributed by atoms with Crippen molar-refractivity contribution >= 4 is 0 Å². The van der Waals surface area contributed by atoms with Crippen LogP contribution in [0.25, 0.3) is 0 Å². The monoisotopic (exact) mass is 210 g/mol. The molecule has 0 bridgehead atoms. The van der Waals surface area contributed by atoms with E-state index >= 15 is 0 Å². The fourth-order valence-electron chi connectivity index (χ4n) is 1.79. The van der Waals surface area contributed by atoms with Crippen LogP contribution in [-0.2, 0) is 5.54 Å². The van der Waals surface area contributed by atoms with E-state index in [1.165, 1.54) is 0 Å². The highest BCUT2D eigenvalue weighted by atomic mass is 16.5. The summed E-state index contributed by atoms with van der Waals surface area (Å²) in [5.74, 6) is 0.969. The number of aryl methyl sites for hydroxylation is 1. The molecule has 3 heteroatoms. The fraction of sp³-hybridized carbons (Fsp3) is 0.750. The van der Waals surface area contributed by atoms with E-state index in [2.05, 4.69) is 51.7 Å². The Kier molecular flexibility index (Phi) is 3.24. The van der Waals surface area contributed by atoms with Crippen LogP contribution in [-0.4, -0.2) is 23.1 Å². The van der Waals surface area contributed by atoms with E-state index in [1.807, 2.05) is 6.92 Å². The molecule has 1 rings (SSSR count). The summed E-state index contributed by atoms with van der Waals surface area (Å²) in [4.78, 5) is 2.29. The lowest BCUT2D eigenvalue weighted by molar-refractivity contribution is 0.0877. The summed E-state index contributed by atoms with van der Waals surface area (Å²) in [7, 11) is 2.11. The van der Waals surface area contributed by atoms with E-state index in [-0.39, 0.29) is 5.54 Å². The lowest BCUT2D eigenvalue weighted by atomic mass is 9.94. The molecule has 0 aliphatic rings. The third-order valence-corrected chi connectivity index (χ3v) is 3.37. The molecule has 15 heavy (non-hydrogen) atoms. The van der Waals surface area contributed by atoms with Crippen LogP contribution in [0.5, 0.6) is 0 Å². The van der Waals surface area contributed by atoms with Gasteiger partial charge in [0.25, 0.3) is 0 Å². The van der Waals surface area contributed by atoms with Crippen LogP contribution in [0.1, 0.15) is 44.7 Å². The standard InChI is InChI=1S/C12H22N2O/c1-8(2)14(7)12(5,6)11-9(3)10(4)13-15-11/h8H,1-7H3. The van der Waals surface area contributed by atoms with Crippen molar-refractivity contribution in [1.82, 2.24) is 10.1 Å². The molecule has 3 nitrogen and oxygen atoms in total.